The van der Waals surface area contributed by atoms with Crippen LogP contribution in [0, 0.1) is 0 Å². The first kappa shape index (κ1) is 14.0. The van der Waals surface area contributed by atoms with Crippen molar-refractivity contribution in [2.75, 3.05) is 30.9 Å². The molecule has 0 saturated carbocycles. The molecule has 1 aliphatic rings. The first-order valence-electron chi connectivity index (χ1n) is 6.88. The van der Waals surface area contributed by atoms with E-state index in [1.165, 1.54) is 19.4 Å². The zero-order chi connectivity index (χ0) is 13.8. The van der Waals surface area contributed by atoms with Crippen molar-refractivity contribution in [3.05, 3.63) is 11.9 Å². The molecule has 1 aromatic rings. The van der Waals surface area contributed by atoms with Crippen molar-refractivity contribution >= 4 is 11.6 Å². The van der Waals surface area contributed by atoms with Gasteiger partial charge in [-0.25, -0.2) is 15.8 Å². The molecule has 1 fully saturated rings. The van der Waals surface area contributed by atoms with Gasteiger partial charge in [0.05, 0.1) is 0 Å². The summed E-state index contributed by atoms with van der Waals surface area (Å²) in [5.74, 6) is 7.46. The van der Waals surface area contributed by atoms with Crippen molar-refractivity contribution in [1.82, 2.24) is 14.9 Å². The van der Waals surface area contributed by atoms with Gasteiger partial charge in [0.25, 0.3) is 0 Å². The van der Waals surface area contributed by atoms with E-state index in [2.05, 4.69) is 46.5 Å². The number of likely N-dealkylation sites (N-methyl/N-ethyl adjacent to an activating group) is 1. The minimum absolute atomic E-state index is 0.316. The highest BCUT2D eigenvalue weighted by molar-refractivity contribution is 5.58. The predicted octanol–water partition coefficient (Wildman–Crippen LogP) is 1.39. The van der Waals surface area contributed by atoms with E-state index in [1.807, 2.05) is 0 Å². The zero-order valence-corrected chi connectivity index (χ0v) is 12.0. The summed E-state index contributed by atoms with van der Waals surface area (Å²) in [4.78, 5) is 10.9. The molecule has 1 unspecified atom stereocenters. The summed E-state index contributed by atoms with van der Waals surface area (Å²) in [6.07, 6.45) is 3.95. The number of hydrogen-bond donors (Lipinski definition) is 3. The number of rotatable bonds is 4. The molecule has 1 aliphatic heterocycles. The number of aromatic nitrogens is 2. The molecule has 6 heteroatoms. The van der Waals surface area contributed by atoms with Crippen molar-refractivity contribution in [2.24, 2.45) is 5.84 Å². The van der Waals surface area contributed by atoms with Crippen LogP contribution in [-0.4, -0.2) is 41.0 Å². The van der Waals surface area contributed by atoms with E-state index >= 15 is 0 Å². The van der Waals surface area contributed by atoms with Crippen LogP contribution < -0.4 is 16.6 Å². The Kier molecular flexibility index (Phi) is 4.55. The van der Waals surface area contributed by atoms with Gasteiger partial charge < -0.3 is 15.6 Å². The van der Waals surface area contributed by atoms with Crippen molar-refractivity contribution in [3.63, 3.8) is 0 Å². The van der Waals surface area contributed by atoms with Crippen LogP contribution in [0.5, 0.6) is 0 Å². The summed E-state index contributed by atoms with van der Waals surface area (Å²) in [7, 11) is 2.16. The topological polar surface area (TPSA) is 79.1 Å². The second-order valence-electron chi connectivity index (χ2n) is 5.53. The monoisotopic (exact) mass is 264 g/mol. The fourth-order valence-corrected chi connectivity index (χ4v) is 2.65. The molecule has 0 radical (unpaired) electrons. The van der Waals surface area contributed by atoms with Gasteiger partial charge in [0.2, 0.25) is 0 Å². The lowest BCUT2D eigenvalue weighted by Gasteiger charge is -2.31. The number of nitrogens with one attached hydrogen (secondary N) is 2. The van der Waals surface area contributed by atoms with Gasteiger partial charge in [0.15, 0.2) is 0 Å². The van der Waals surface area contributed by atoms with Crippen molar-refractivity contribution in [2.45, 2.75) is 38.6 Å². The Labute approximate surface area is 114 Å². The van der Waals surface area contributed by atoms with Crippen LogP contribution in [-0.2, 0) is 0 Å². The summed E-state index contributed by atoms with van der Waals surface area (Å²) in [5, 5.41) is 3.55. The fraction of sp³-hybridized carbons (Fsp3) is 0.692. The number of hydrazine groups is 1. The second-order valence-corrected chi connectivity index (χ2v) is 5.53. The van der Waals surface area contributed by atoms with Crippen molar-refractivity contribution in [1.29, 1.82) is 0 Å². The van der Waals surface area contributed by atoms with Gasteiger partial charge in [0, 0.05) is 18.2 Å². The van der Waals surface area contributed by atoms with Gasteiger partial charge in [0.1, 0.15) is 18.0 Å². The quantitative estimate of drug-likeness (QED) is 0.563. The number of hydrogen-bond acceptors (Lipinski definition) is 6. The number of nitrogens with zero attached hydrogens (tertiary/aromatic N) is 3. The molecule has 0 aliphatic carbocycles. The molecule has 2 heterocycles. The lowest BCUT2D eigenvalue weighted by molar-refractivity contribution is 0.260. The maximum absolute atomic E-state index is 5.54. The summed E-state index contributed by atoms with van der Waals surface area (Å²) >= 11 is 0. The largest absolute Gasteiger partial charge is 0.366 e. The zero-order valence-electron chi connectivity index (χ0n) is 12.0. The fourth-order valence-electron chi connectivity index (χ4n) is 2.65. The van der Waals surface area contributed by atoms with E-state index in [0.717, 1.165) is 17.9 Å². The molecule has 0 bridgehead atoms. The van der Waals surface area contributed by atoms with Crippen LogP contribution in [0.25, 0.3) is 0 Å². The molecule has 2 rings (SSSR count). The van der Waals surface area contributed by atoms with Gasteiger partial charge in [-0.1, -0.05) is 13.8 Å². The molecule has 0 spiro atoms. The van der Waals surface area contributed by atoms with Gasteiger partial charge in [-0.05, 0) is 32.4 Å². The Morgan fingerprint density at radius 3 is 2.74 bits per heavy atom. The van der Waals surface area contributed by atoms with Crippen LogP contribution >= 0.6 is 0 Å². The normalized spacial score (nSPS) is 20.6. The van der Waals surface area contributed by atoms with E-state index in [4.69, 9.17) is 5.84 Å². The van der Waals surface area contributed by atoms with Crippen LogP contribution in [0.4, 0.5) is 11.6 Å². The maximum Gasteiger partial charge on any atom is 0.148 e. The maximum atomic E-state index is 5.54. The Morgan fingerprint density at radius 2 is 2.11 bits per heavy atom. The lowest BCUT2D eigenvalue weighted by Crippen LogP contribution is -2.40. The lowest BCUT2D eigenvalue weighted by atomic mass is 10.0. The van der Waals surface area contributed by atoms with Crippen LogP contribution in [0.3, 0.4) is 0 Å². The molecule has 1 saturated heterocycles. The van der Waals surface area contributed by atoms with Gasteiger partial charge >= 0.3 is 0 Å². The average molecular weight is 264 g/mol. The number of nitrogens with two attached hydrogens (primary N) is 1. The molecular weight excluding hydrogens is 240 g/mol. The Hall–Kier alpha value is -1.40. The molecule has 19 heavy (non-hydrogen) atoms. The summed E-state index contributed by atoms with van der Waals surface area (Å²) in [5.41, 5.74) is 3.72. The van der Waals surface area contributed by atoms with Gasteiger partial charge in [-0.15, -0.1) is 0 Å². The molecular formula is C13H24N6. The smallest absolute Gasteiger partial charge is 0.148 e. The minimum Gasteiger partial charge on any atom is -0.366 e. The Morgan fingerprint density at radius 1 is 1.37 bits per heavy atom. The summed E-state index contributed by atoms with van der Waals surface area (Å²) in [6.45, 7) is 6.47. The SMILES string of the molecule is CC(C)c1c(NN)ncnc1NC1CCCN(C)C1. The summed E-state index contributed by atoms with van der Waals surface area (Å²) < 4.78 is 0. The summed E-state index contributed by atoms with van der Waals surface area (Å²) in [6, 6.07) is 0.441. The third kappa shape index (κ3) is 3.33. The Balaban J connectivity index is 2.19. The second kappa shape index (κ2) is 6.16. The standard InChI is InChI=1S/C13H24N6/c1-9(2)11-12(15-8-16-13(11)18-14)17-10-5-4-6-19(3)7-10/h8-10H,4-7,14H2,1-3H3,(H2,15,16,17,18). The van der Waals surface area contributed by atoms with Crippen molar-refractivity contribution < 1.29 is 0 Å². The number of anilines is 2. The molecule has 0 aromatic carbocycles. The van der Waals surface area contributed by atoms with E-state index < -0.39 is 0 Å². The molecule has 106 valence electrons. The predicted molar refractivity (Wildman–Crippen MR) is 78.1 cm³/mol. The minimum atomic E-state index is 0.316. The number of piperidine rings is 1. The Bertz CT molecular complexity index is 420. The van der Waals surface area contributed by atoms with Crippen LogP contribution in [0.2, 0.25) is 0 Å². The van der Waals surface area contributed by atoms with Crippen molar-refractivity contribution in [3.8, 4) is 0 Å². The van der Waals surface area contributed by atoms with Crippen LogP contribution in [0.15, 0.2) is 6.33 Å². The highest BCUT2D eigenvalue weighted by Gasteiger charge is 2.20. The van der Waals surface area contributed by atoms with E-state index in [0.29, 0.717) is 17.8 Å². The molecule has 1 atom stereocenters. The van der Waals surface area contributed by atoms with Gasteiger partial charge in [-0.3, -0.25) is 0 Å². The highest BCUT2D eigenvalue weighted by atomic mass is 15.3. The number of likely N-dealkylation sites (tertiary alicyclic amines) is 1. The van der Waals surface area contributed by atoms with E-state index in [1.54, 1.807) is 6.33 Å². The van der Waals surface area contributed by atoms with E-state index in [9.17, 15) is 0 Å². The molecule has 0 amide bonds. The van der Waals surface area contributed by atoms with Gasteiger partial charge in [-0.2, -0.15) is 0 Å². The third-order valence-electron chi connectivity index (χ3n) is 3.56. The highest BCUT2D eigenvalue weighted by Crippen LogP contribution is 2.28. The molecule has 6 nitrogen and oxygen atoms in total. The third-order valence-corrected chi connectivity index (χ3v) is 3.56. The molecule has 4 N–H and O–H groups in total. The average Bonchev–Trinajstić information content (AvgIpc) is 2.38. The number of nitrogen functional groups attached to an aromatic ring is 1. The van der Waals surface area contributed by atoms with Crippen LogP contribution in [0.1, 0.15) is 38.2 Å². The molecule has 1 aromatic heterocycles. The first-order valence-corrected chi connectivity index (χ1v) is 6.88. The van der Waals surface area contributed by atoms with E-state index in [-0.39, 0.29) is 0 Å². The first-order chi connectivity index (χ1) is 9.11.